The Balaban J connectivity index is 1.91. The van der Waals surface area contributed by atoms with Gasteiger partial charge in [0.05, 0.1) is 14.2 Å². The lowest BCUT2D eigenvalue weighted by Crippen LogP contribution is -2.15. The highest BCUT2D eigenvalue weighted by Crippen LogP contribution is 2.36. The molecule has 3 rings (SSSR count). The smallest absolute Gasteiger partial charge is 0.255 e. The highest BCUT2D eigenvalue weighted by Gasteiger charge is 2.18. The first kappa shape index (κ1) is 16.8. The van der Waals surface area contributed by atoms with Crippen LogP contribution in [0.1, 0.15) is 34.3 Å². The Bertz CT molecular complexity index is 748. The van der Waals surface area contributed by atoms with Crippen LogP contribution in [-0.4, -0.2) is 20.1 Å². The van der Waals surface area contributed by atoms with Crippen LogP contribution in [0.4, 0.5) is 5.69 Å². The molecule has 0 unspecified atom stereocenters. The van der Waals surface area contributed by atoms with Crippen LogP contribution in [0.3, 0.4) is 0 Å². The summed E-state index contributed by atoms with van der Waals surface area (Å²) in [5.41, 5.74) is 4.00. The molecule has 2 aromatic rings. The number of hydrogen-bond acceptors (Lipinski definition) is 3. The van der Waals surface area contributed by atoms with Gasteiger partial charge < -0.3 is 14.8 Å². The minimum atomic E-state index is -0.168. The van der Waals surface area contributed by atoms with Gasteiger partial charge in [-0.3, -0.25) is 4.79 Å². The van der Waals surface area contributed by atoms with Crippen LogP contribution in [-0.2, 0) is 12.8 Å². The number of fused-ring (bicyclic) bond motifs is 1. The molecule has 0 fully saturated rings. The molecular formula is C19H20BrNO3. The number of ether oxygens (including phenoxy) is 2. The van der Waals surface area contributed by atoms with E-state index in [0.29, 0.717) is 21.5 Å². The lowest BCUT2D eigenvalue weighted by molar-refractivity contribution is 0.102. The fourth-order valence-corrected chi connectivity index (χ4v) is 3.65. The molecule has 2 aromatic carbocycles. The van der Waals surface area contributed by atoms with Gasteiger partial charge in [-0.1, -0.05) is 12.1 Å². The molecule has 1 amide bonds. The second-order valence-corrected chi connectivity index (χ2v) is 6.59. The molecule has 0 atom stereocenters. The average Bonchev–Trinajstić information content (AvgIpc) is 2.62. The Morgan fingerprint density at radius 1 is 1.08 bits per heavy atom. The maximum absolute atomic E-state index is 12.7. The third-order valence-corrected chi connectivity index (χ3v) is 5.13. The number of nitrogens with one attached hydrogen (secondary N) is 1. The lowest BCUT2D eigenvalue weighted by atomic mass is 9.90. The average molecular weight is 390 g/mol. The van der Waals surface area contributed by atoms with Crippen molar-refractivity contribution in [2.45, 2.75) is 25.7 Å². The van der Waals surface area contributed by atoms with Gasteiger partial charge in [-0.15, -0.1) is 0 Å². The summed E-state index contributed by atoms with van der Waals surface area (Å²) in [7, 11) is 3.13. The fraction of sp³-hybridized carbons (Fsp3) is 0.316. The first-order valence-electron chi connectivity index (χ1n) is 7.97. The molecule has 1 aliphatic carbocycles. The molecule has 5 heteroatoms. The minimum absolute atomic E-state index is 0.168. The van der Waals surface area contributed by atoms with Crippen LogP contribution in [0.5, 0.6) is 11.5 Å². The summed E-state index contributed by atoms with van der Waals surface area (Å²) in [6, 6.07) is 9.53. The molecule has 0 saturated heterocycles. The van der Waals surface area contributed by atoms with Gasteiger partial charge in [-0.2, -0.15) is 0 Å². The SMILES string of the molecule is COc1cc(C(=O)Nc2cccc3c2CCCC3)cc(OC)c1Br. The molecule has 0 radical (unpaired) electrons. The van der Waals surface area contributed by atoms with Crippen molar-refractivity contribution in [3.8, 4) is 11.5 Å². The Labute approximate surface area is 150 Å². The van der Waals surface area contributed by atoms with E-state index in [9.17, 15) is 4.79 Å². The maximum atomic E-state index is 12.7. The van der Waals surface area contributed by atoms with E-state index < -0.39 is 0 Å². The number of halogens is 1. The second kappa shape index (κ2) is 7.26. The summed E-state index contributed by atoms with van der Waals surface area (Å²) in [4.78, 5) is 12.7. The predicted molar refractivity (Wildman–Crippen MR) is 98.3 cm³/mol. The quantitative estimate of drug-likeness (QED) is 0.830. The number of methoxy groups -OCH3 is 2. The molecule has 0 saturated carbocycles. The molecule has 24 heavy (non-hydrogen) atoms. The summed E-state index contributed by atoms with van der Waals surface area (Å²) in [6.45, 7) is 0. The van der Waals surface area contributed by atoms with E-state index >= 15 is 0 Å². The number of anilines is 1. The van der Waals surface area contributed by atoms with Crippen LogP contribution >= 0.6 is 15.9 Å². The first-order valence-corrected chi connectivity index (χ1v) is 8.77. The first-order chi connectivity index (χ1) is 11.6. The summed E-state index contributed by atoms with van der Waals surface area (Å²) in [5, 5.41) is 3.04. The van der Waals surface area contributed by atoms with E-state index in [0.717, 1.165) is 18.5 Å². The van der Waals surface area contributed by atoms with Gasteiger partial charge in [0.15, 0.2) is 0 Å². The zero-order valence-electron chi connectivity index (χ0n) is 13.8. The molecule has 0 heterocycles. The van der Waals surface area contributed by atoms with Crippen LogP contribution in [0.15, 0.2) is 34.8 Å². The molecule has 0 spiro atoms. The van der Waals surface area contributed by atoms with E-state index in [1.165, 1.54) is 24.0 Å². The number of hydrogen-bond donors (Lipinski definition) is 1. The summed E-state index contributed by atoms with van der Waals surface area (Å²) in [6.07, 6.45) is 4.48. The topological polar surface area (TPSA) is 47.6 Å². The van der Waals surface area contributed by atoms with Crippen molar-refractivity contribution in [3.05, 3.63) is 51.5 Å². The van der Waals surface area contributed by atoms with Gasteiger partial charge in [0, 0.05) is 11.3 Å². The highest BCUT2D eigenvalue weighted by atomic mass is 79.9. The number of carbonyl (C=O) groups excluding carboxylic acids is 1. The summed E-state index contributed by atoms with van der Waals surface area (Å²) in [5.74, 6) is 0.960. The number of carbonyl (C=O) groups is 1. The molecule has 1 aliphatic rings. The van der Waals surface area contributed by atoms with E-state index in [4.69, 9.17) is 9.47 Å². The standard InChI is InChI=1S/C19H20BrNO3/c1-23-16-10-13(11-17(24-2)18(16)20)19(22)21-15-9-5-7-12-6-3-4-8-14(12)15/h5,7,9-11H,3-4,6,8H2,1-2H3,(H,21,22). The Morgan fingerprint density at radius 3 is 2.42 bits per heavy atom. The highest BCUT2D eigenvalue weighted by molar-refractivity contribution is 9.10. The van der Waals surface area contributed by atoms with Gasteiger partial charge >= 0.3 is 0 Å². The fourth-order valence-electron chi connectivity index (χ4n) is 3.09. The maximum Gasteiger partial charge on any atom is 0.255 e. The molecule has 4 nitrogen and oxygen atoms in total. The zero-order valence-corrected chi connectivity index (χ0v) is 15.4. The molecule has 0 bridgehead atoms. The van der Waals surface area contributed by atoms with Crippen LogP contribution in [0.25, 0.3) is 0 Å². The second-order valence-electron chi connectivity index (χ2n) is 5.80. The number of rotatable bonds is 4. The van der Waals surface area contributed by atoms with Gasteiger partial charge in [-0.25, -0.2) is 0 Å². The molecule has 1 N–H and O–H groups in total. The van der Waals surface area contributed by atoms with Gasteiger partial charge in [0.2, 0.25) is 0 Å². The van der Waals surface area contributed by atoms with Crippen molar-refractivity contribution in [2.75, 3.05) is 19.5 Å². The van der Waals surface area contributed by atoms with E-state index in [-0.39, 0.29) is 5.91 Å². The predicted octanol–water partition coefficient (Wildman–Crippen LogP) is 4.60. The minimum Gasteiger partial charge on any atom is -0.495 e. The zero-order chi connectivity index (χ0) is 17.1. The largest absolute Gasteiger partial charge is 0.495 e. The summed E-state index contributed by atoms with van der Waals surface area (Å²) >= 11 is 3.42. The molecule has 0 aliphatic heterocycles. The Kier molecular flexibility index (Phi) is 5.09. The van der Waals surface area contributed by atoms with Crippen molar-refractivity contribution in [3.63, 3.8) is 0 Å². The Morgan fingerprint density at radius 2 is 1.75 bits per heavy atom. The number of aryl methyl sites for hydroxylation is 1. The van der Waals surface area contributed by atoms with Gasteiger partial charge in [-0.05, 0) is 70.9 Å². The van der Waals surface area contributed by atoms with Crippen molar-refractivity contribution in [1.82, 2.24) is 0 Å². The van der Waals surface area contributed by atoms with Crippen molar-refractivity contribution >= 4 is 27.5 Å². The summed E-state index contributed by atoms with van der Waals surface area (Å²) < 4.78 is 11.3. The lowest BCUT2D eigenvalue weighted by Gasteiger charge is -2.20. The van der Waals surface area contributed by atoms with Gasteiger partial charge in [0.1, 0.15) is 16.0 Å². The van der Waals surface area contributed by atoms with Crippen LogP contribution in [0.2, 0.25) is 0 Å². The number of benzene rings is 2. The normalized spacial score (nSPS) is 13.1. The monoisotopic (exact) mass is 389 g/mol. The van der Waals surface area contributed by atoms with Crippen molar-refractivity contribution in [1.29, 1.82) is 0 Å². The van der Waals surface area contributed by atoms with Crippen LogP contribution < -0.4 is 14.8 Å². The number of amides is 1. The third kappa shape index (κ3) is 3.26. The van der Waals surface area contributed by atoms with Crippen LogP contribution in [0, 0.1) is 0 Å². The van der Waals surface area contributed by atoms with Gasteiger partial charge in [0.25, 0.3) is 5.91 Å². The van der Waals surface area contributed by atoms with Crippen molar-refractivity contribution < 1.29 is 14.3 Å². The van der Waals surface area contributed by atoms with Crippen molar-refractivity contribution in [2.24, 2.45) is 0 Å². The molecule has 126 valence electrons. The van der Waals surface area contributed by atoms with E-state index in [2.05, 4.69) is 27.3 Å². The molecule has 0 aromatic heterocycles. The Hall–Kier alpha value is -2.01. The van der Waals surface area contributed by atoms with E-state index in [1.807, 2.05) is 12.1 Å². The third-order valence-electron chi connectivity index (χ3n) is 4.35. The molecular weight excluding hydrogens is 370 g/mol. The van der Waals surface area contributed by atoms with E-state index in [1.54, 1.807) is 26.4 Å².